The van der Waals surface area contributed by atoms with E-state index in [1.807, 2.05) is 0 Å². The lowest BCUT2D eigenvalue weighted by Crippen LogP contribution is -2.48. The van der Waals surface area contributed by atoms with Gasteiger partial charge < -0.3 is 10.8 Å². The molecule has 3 unspecified atom stereocenters. The molecule has 3 N–H and O–H groups in total. The Morgan fingerprint density at radius 2 is 1.79 bits per heavy atom. The smallest absolute Gasteiger partial charge is 0.0636 e. The second-order valence-electron chi connectivity index (χ2n) is 7.13. The molecule has 0 heterocycles. The zero-order chi connectivity index (χ0) is 13.7. The molecule has 0 aromatic carbocycles. The molecule has 19 heavy (non-hydrogen) atoms. The molecule has 0 saturated heterocycles. The van der Waals surface area contributed by atoms with Gasteiger partial charge >= 0.3 is 0 Å². The Labute approximate surface area is 119 Å². The van der Waals surface area contributed by atoms with Gasteiger partial charge in [0.05, 0.1) is 6.10 Å². The van der Waals surface area contributed by atoms with Crippen molar-refractivity contribution in [3.8, 4) is 0 Å². The molecule has 2 nitrogen and oxygen atoms in total. The van der Waals surface area contributed by atoms with E-state index in [0.717, 1.165) is 18.8 Å². The Bertz CT molecular complexity index is 260. The van der Waals surface area contributed by atoms with E-state index in [9.17, 15) is 5.11 Å². The van der Waals surface area contributed by atoms with Crippen LogP contribution in [-0.2, 0) is 0 Å². The maximum absolute atomic E-state index is 11.0. The van der Waals surface area contributed by atoms with Crippen molar-refractivity contribution in [1.29, 1.82) is 0 Å². The summed E-state index contributed by atoms with van der Waals surface area (Å²) in [6.07, 6.45) is 13.8. The molecule has 2 heteroatoms. The largest absolute Gasteiger partial charge is 0.392 e. The number of hydrogen-bond donors (Lipinski definition) is 2. The highest BCUT2D eigenvalue weighted by Gasteiger charge is 2.43. The fourth-order valence-electron chi connectivity index (χ4n) is 4.57. The molecule has 2 aliphatic carbocycles. The van der Waals surface area contributed by atoms with Crippen molar-refractivity contribution in [3.63, 3.8) is 0 Å². The topological polar surface area (TPSA) is 46.2 Å². The van der Waals surface area contributed by atoms with Crippen LogP contribution in [0.5, 0.6) is 0 Å². The molecule has 112 valence electrons. The molecular weight excluding hydrogens is 234 g/mol. The number of hydrogen-bond acceptors (Lipinski definition) is 2. The van der Waals surface area contributed by atoms with Crippen molar-refractivity contribution < 1.29 is 5.11 Å². The second-order valence-corrected chi connectivity index (χ2v) is 7.13. The minimum atomic E-state index is -0.148. The first-order valence-electron chi connectivity index (χ1n) is 8.60. The monoisotopic (exact) mass is 267 g/mol. The van der Waals surface area contributed by atoms with Gasteiger partial charge in [0.15, 0.2) is 0 Å². The summed E-state index contributed by atoms with van der Waals surface area (Å²) in [5.41, 5.74) is 6.18. The lowest BCUT2D eigenvalue weighted by atomic mass is 9.62. The van der Waals surface area contributed by atoms with Gasteiger partial charge in [-0.15, -0.1) is 0 Å². The van der Waals surface area contributed by atoms with Crippen molar-refractivity contribution in [2.75, 3.05) is 6.54 Å². The molecule has 2 aliphatic rings. The zero-order valence-corrected chi connectivity index (χ0v) is 12.7. The molecule has 3 atom stereocenters. The van der Waals surface area contributed by atoms with Gasteiger partial charge in [0, 0.05) is 12.0 Å². The minimum absolute atomic E-state index is 0.0356. The Kier molecular flexibility index (Phi) is 5.70. The maximum atomic E-state index is 11.0. The quantitative estimate of drug-likeness (QED) is 0.760. The highest BCUT2D eigenvalue weighted by atomic mass is 16.3. The molecule has 0 aliphatic heterocycles. The van der Waals surface area contributed by atoms with Crippen LogP contribution in [0.4, 0.5) is 0 Å². The average Bonchev–Trinajstić information content (AvgIpc) is 2.75. The van der Waals surface area contributed by atoms with E-state index in [4.69, 9.17) is 5.73 Å². The van der Waals surface area contributed by atoms with E-state index in [0.29, 0.717) is 12.5 Å². The van der Waals surface area contributed by atoms with Crippen LogP contribution < -0.4 is 5.73 Å². The first kappa shape index (κ1) is 15.3. The van der Waals surface area contributed by atoms with Gasteiger partial charge in [0.1, 0.15) is 0 Å². The Hall–Kier alpha value is -0.0800. The summed E-state index contributed by atoms with van der Waals surface area (Å²) in [4.78, 5) is 0. The fraction of sp³-hybridized carbons (Fsp3) is 1.00. The van der Waals surface area contributed by atoms with E-state index in [1.54, 1.807) is 0 Å². The van der Waals surface area contributed by atoms with Crippen molar-refractivity contribution >= 4 is 0 Å². The van der Waals surface area contributed by atoms with E-state index < -0.39 is 0 Å². The van der Waals surface area contributed by atoms with Crippen molar-refractivity contribution in [3.05, 3.63) is 0 Å². The number of nitrogens with two attached hydrogens (primary N) is 1. The molecule has 0 bridgehead atoms. The summed E-state index contributed by atoms with van der Waals surface area (Å²) in [6.45, 7) is 2.97. The van der Waals surface area contributed by atoms with Crippen LogP contribution >= 0.6 is 0 Å². The van der Waals surface area contributed by atoms with Crippen molar-refractivity contribution in [2.24, 2.45) is 23.0 Å². The SMILES string of the molecule is CCC1CCCC(CN)(C(O)C2CCCCCC2)C1. The Balaban J connectivity index is 2.05. The minimum Gasteiger partial charge on any atom is -0.392 e. The average molecular weight is 267 g/mol. The molecular formula is C17H33NO. The van der Waals surface area contributed by atoms with Gasteiger partial charge in [-0.1, -0.05) is 51.9 Å². The second kappa shape index (κ2) is 7.08. The predicted octanol–water partition coefficient (Wildman–Crippen LogP) is 3.86. The predicted molar refractivity (Wildman–Crippen MR) is 80.9 cm³/mol. The number of aliphatic hydroxyl groups excluding tert-OH is 1. The van der Waals surface area contributed by atoms with Gasteiger partial charge in [-0.05, 0) is 37.5 Å². The summed E-state index contributed by atoms with van der Waals surface area (Å²) < 4.78 is 0. The molecule has 0 spiro atoms. The molecule has 2 saturated carbocycles. The van der Waals surface area contributed by atoms with Crippen LogP contribution in [0.3, 0.4) is 0 Å². The van der Waals surface area contributed by atoms with Gasteiger partial charge in [0.2, 0.25) is 0 Å². The van der Waals surface area contributed by atoms with Gasteiger partial charge in [-0.3, -0.25) is 0 Å². The summed E-state index contributed by atoms with van der Waals surface area (Å²) >= 11 is 0. The third-order valence-electron chi connectivity index (χ3n) is 5.94. The lowest BCUT2D eigenvalue weighted by molar-refractivity contribution is -0.0531. The van der Waals surface area contributed by atoms with Crippen LogP contribution in [0.25, 0.3) is 0 Å². The van der Waals surface area contributed by atoms with Crippen LogP contribution in [0, 0.1) is 17.3 Å². The van der Waals surface area contributed by atoms with E-state index in [2.05, 4.69) is 6.92 Å². The standard InChI is InChI=1S/C17H33NO/c1-2-14-8-7-11-17(12-14,13-18)16(19)15-9-5-3-4-6-10-15/h14-16,19H,2-13,18H2,1H3. The summed E-state index contributed by atoms with van der Waals surface area (Å²) in [5, 5.41) is 11.0. The van der Waals surface area contributed by atoms with Gasteiger partial charge in [-0.2, -0.15) is 0 Å². The first-order chi connectivity index (χ1) is 9.22. The molecule has 0 aromatic heterocycles. The van der Waals surface area contributed by atoms with Crippen molar-refractivity contribution in [2.45, 2.75) is 83.7 Å². The summed E-state index contributed by atoms with van der Waals surface area (Å²) in [7, 11) is 0. The van der Waals surface area contributed by atoms with E-state index in [1.165, 1.54) is 57.8 Å². The maximum Gasteiger partial charge on any atom is 0.0636 e. The number of rotatable bonds is 4. The van der Waals surface area contributed by atoms with Crippen LogP contribution in [0.1, 0.15) is 77.6 Å². The highest BCUT2D eigenvalue weighted by molar-refractivity contribution is 4.95. The Morgan fingerprint density at radius 1 is 1.11 bits per heavy atom. The zero-order valence-electron chi connectivity index (χ0n) is 12.7. The summed E-state index contributed by atoms with van der Waals surface area (Å²) in [6, 6.07) is 0. The van der Waals surface area contributed by atoms with E-state index >= 15 is 0 Å². The fourth-order valence-corrected chi connectivity index (χ4v) is 4.57. The normalized spacial score (nSPS) is 35.8. The van der Waals surface area contributed by atoms with Crippen LogP contribution in [0.15, 0.2) is 0 Å². The van der Waals surface area contributed by atoms with Gasteiger partial charge in [0.25, 0.3) is 0 Å². The molecule has 0 amide bonds. The molecule has 2 rings (SSSR count). The first-order valence-corrected chi connectivity index (χ1v) is 8.60. The lowest BCUT2D eigenvalue weighted by Gasteiger charge is -2.46. The summed E-state index contributed by atoms with van der Waals surface area (Å²) in [5.74, 6) is 1.30. The van der Waals surface area contributed by atoms with Crippen LogP contribution in [-0.4, -0.2) is 17.8 Å². The van der Waals surface area contributed by atoms with Crippen molar-refractivity contribution in [1.82, 2.24) is 0 Å². The molecule has 0 aromatic rings. The third-order valence-corrected chi connectivity index (χ3v) is 5.94. The highest BCUT2D eigenvalue weighted by Crippen LogP contribution is 2.46. The van der Waals surface area contributed by atoms with Gasteiger partial charge in [-0.25, -0.2) is 0 Å². The van der Waals surface area contributed by atoms with E-state index in [-0.39, 0.29) is 11.5 Å². The number of aliphatic hydroxyl groups is 1. The third kappa shape index (κ3) is 3.52. The molecule has 0 radical (unpaired) electrons. The van der Waals surface area contributed by atoms with Crippen LogP contribution in [0.2, 0.25) is 0 Å². The molecule has 2 fully saturated rings. The Morgan fingerprint density at radius 3 is 2.37 bits per heavy atom.